The number of amides is 1. The molecule has 5 heteroatoms. The Hall–Kier alpha value is -1.12. The Morgan fingerprint density at radius 3 is 3.18 bits per heavy atom. The molecule has 2 N–H and O–H groups in total. The molecule has 94 valence electrons. The monoisotopic (exact) mass is 236 g/mol. The minimum atomic E-state index is 0.0406. The van der Waals surface area contributed by atoms with Crippen LogP contribution >= 0.6 is 0 Å². The SMILES string of the molecule is N#CCCNC(=O)CN1CC2CCCNC2C1. The van der Waals surface area contributed by atoms with Crippen molar-refractivity contribution in [2.45, 2.75) is 25.3 Å². The molecular weight excluding hydrogens is 216 g/mol. The molecule has 0 saturated carbocycles. The molecule has 2 heterocycles. The van der Waals surface area contributed by atoms with E-state index in [1.807, 2.05) is 6.07 Å². The van der Waals surface area contributed by atoms with Crippen LogP contribution in [0.4, 0.5) is 0 Å². The van der Waals surface area contributed by atoms with Gasteiger partial charge in [0.05, 0.1) is 19.0 Å². The zero-order chi connectivity index (χ0) is 12.1. The predicted molar refractivity (Wildman–Crippen MR) is 64.2 cm³/mol. The van der Waals surface area contributed by atoms with E-state index < -0.39 is 0 Å². The molecule has 5 nitrogen and oxygen atoms in total. The summed E-state index contributed by atoms with van der Waals surface area (Å²) in [7, 11) is 0. The van der Waals surface area contributed by atoms with Gasteiger partial charge in [0, 0.05) is 25.7 Å². The Morgan fingerprint density at radius 2 is 2.41 bits per heavy atom. The average molecular weight is 236 g/mol. The van der Waals surface area contributed by atoms with E-state index in [4.69, 9.17) is 5.26 Å². The maximum Gasteiger partial charge on any atom is 0.234 e. The lowest BCUT2D eigenvalue weighted by atomic mass is 9.94. The van der Waals surface area contributed by atoms with Crippen LogP contribution in [0.15, 0.2) is 0 Å². The maximum atomic E-state index is 11.6. The van der Waals surface area contributed by atoms with Crippen LogP contribution in [0.25, 0.3) is 0 Å². The van der Waals surface area contributed by atoms with E-state index in [1.54, 1.807) is 0 Å². The summed E-state index contributed by atoms with van der Waals surface area (Å²) >= 11 is 0. The molecule has 0 radical (unpaired) electrons. The van der Waals surface area contributed by atoms with E-state index in [0.29, 0.717) is 25.6 Å². The van der Waals surface area contributed by atoms with Crippen LogP contribution < -0.4 is 10.6 Å². The normalized spacial score (nSPS) is 28.4. The summed E-state index contributed by atoms with van der Waals surface area (Å²) in [5, 5.41) is 14.7. The molecule has 0 aromatic carbocycles. The van der Waals surface area contributed by atoms with Gasteiger partial charge in [0.2, 0.25) is 5.91 Å². The number of likely N-dealkylation sites (tertiary alicyclic amines) is 1. The topological polar surface area (TPSA) is 68.2 Å². The van der Waals surface area contributed by atoms with E-state index in [0.717, 1.165) is 25.6 Å². The molecule has 0 aromatic rings. The Labute approximate surface area is 102 Å². The lowest BCUT2D eigenvalue weighted by molar-refractivity contribution is -0.122. The van der Waals surface area contributed by atoms with Gasteiger partial charge in [-0.05, 0) is 25.3 Å². The second-order valence-electron chi connectivity index (χ2n) is 4.92. The van der Waals surface area contributed by atoms with Crippen molar-refractivity contribution in [1.82, 2.24) is 15.5 Å². The van der Waals surface area contributed by atoms with E-state index in [-0.39, 0.29) is 5.91 Å². The molecule has 0 aromatic heterocycles. The first kappa shape index (κ1) is 12.3. The highest BCUT2D eigenvalue weighted by molar-refractivity contribution is 5.78. The molecule has 2 rings (SSSR count). The highest BCUT2D eigenvalue weighted by Gasteiger charge is 2.34. The Kier molecular flexibility index (Phi) is 4.35. The lowest BCUT2D eigenvalue weighted by Crippen LogP contribution is -2.41. The van der Waals surface area contributed by atoms with E-state index in [9.17, 15) is 4.79 Å². The maximum absolute atomic E-state index is 11.6. The van der Waals surface area contributed by atoms with Crippen molar-refractivity contribution in [3.63, 3.8) is 0 Å². The summed E-state index contributed by atoms with van der Waals surface area (Å²) in [4.78, 5) is 13.8. The first-order valence-corrected chi connectivity index (χ1v) is 6.39. The summed E-state index contributed by atoms with van der Waals surface area (Å²) in [6, 6.07) is 2.60. The summed E-state index contributed by atoms with van der Waals surface area (Å²) in [6.45, 7) is 4.07. The van der Waals surface area contributed by atoms with Crippen LogP contribution in [-0.4, -0.2) is 49.6 Å². The highest BCUT2D eigenvalue weighted by Crippen LogP contribution is 2.24. The molecule has 2 fully saturated rings. The molecule has 2 atom stereocenters. The van der Waals surface area contributed by atoms with Gasteiger partial charge in [-0.1, -0.05) is 0 Å². The minimum Gasteiger partial charge on any atom is -0.354 e. The quantitative estimate of drug-likeness (QED) is 0.658. The number of nitriles is 1. The van der Waals surface area contributed by atoms with Crippen molar-refractivity contribution in [3.8, 4) is 6.07 Å². The smallest absolute Gasteiger partial charge is 0.234 e. The fourth-order valence-corrected chi connectivity index (χ4v) is 2.78. The Morgan fingerprint density at radius 1 is 1.53 bits per heavy atom. The van der Waals surface area contributed by atoms with Gasteiger partial charge in [0.1, 0.15) is 0 Å². The van der Waals surface area contributed by atoms with Gasteiger partial charge in [0.15, 0.2) is 0 Å². The van der Waals surface area contributed by atoms with Gasteiger partial charge in [-0.15, -0.1) is 0 Å². The van der Waals surface area contributed by atoms with Crippen LogP contribution in [0.5, 0.6) is 0 Å². The van der Waals surface area contributed by atoms with E-state index >= 15 is 0 Å². The molecule has 0 aliphatic carbocycles. The summed E-state index contributed by atoms with van der Waals surface area (Å²) in [6.07, 6.45) is 2.92. The second-order valence-corrected chi connectivity index (χ2v) is 4.92. The third-order valence-corrected chi connectivity index (χ3v) is 3.60. The number of carbonyl (C=O) groups excluding carboxylic acids is 1. The number of hydrogen-bond donors (Lipinski definition) is 2. The second kappa shape index (κ2) is 5.99. The van der Waals surface area contributed by atoms with Gasteiger partial charge < -0.3 is 10.6 Å². The first-order valence-electron chi connectivity index (χ1n) is 6.39. The van der Waals surface area contributed by atoms with E-state index in [1.165, 1.54) is 12.8 Å². The Balaban J connectivity index is 1.70. The number of rotatable bonds is 4. The number of hydrogen-bond acceptors (Lipinski definition) is 4. The van der Waals surface area contributed by atoms with Crippen molar-refractivity contribution in [2.75, 3.05) is 32.7 Å². The van der Waals surface area contributed by atoms with Gasteiger partial charge in [-0.25, -0.2) is 0 Å². The van der Waals surface area contributed by atoms with Crippen molar-refractivity contribution in [1.29, 1.82) is 5.26 Å². The number of piperidine rings is 1. The molecule has 0 bridgehead atoms. The molecule has 2 saturated heterocycles. The average Bonchev–Trinajstić information content (AvgIpc) is 2.71. The zero-order valence-electron chi connectivity index (χ0n) is 10.1. The number of fused-ring (bicyclic) bond motifs is 1. The molecule has 1 amide bonds. The number of nitrogens with zero attached hydrogens (tertiary/aromatic N) is 2. The molecule has 17 heavy (non-hydrogen) atoms. The van der Waals surface area contributed by atoms with Crippen LogP contribution in [0.1, 0.15) is 19.3 Å². The van der Waals surface area contributed by atoms with Gasteiger partial charge >= 0.3 is 0 Å². The van der Waals surface area contributed by atoms with Crippen molar-refractivity contribution < 1.29 is 4.79 Å². The lowest BCUT2D eigenvalue weighted by Gasteiger charge is -2.24. The minimum absolute atomic E-state index is 0.0406. The standard InChI is InChI=1S/C12H20N4O/c13-4-2-6-15-12(17)9-16-7-10-3-1-5-14-11(10)8-16/h10-11,14H,1-3,5-9H2,(H,15,17). The van der Waals surface area contributed by atoms with Crippen LogP contribution in [0.2, 0.25) is 0 Å². The van der Waals surface area contributed by atoms with Crippen molar-refractivity contribution >= 4 is 5.91 Å². The van der Waals surface area contributed by atoms with E-state index in [2.05, 4.69) is 15.5 Å². The third kappa shape index (κ3) is 3.42. The van der Waals surface area contributed by atoms with Gasteiger partial charge in [-0.3, -0.25) is 9.69 Å². The van der Waals surface area contributed by atoms with Crippen LogP contribution in [0, 0.1) is 17.2 Å². The largest absolute Gasteiger partial charge is 0.354 e. The summed E-state index contributed by atoms with van der Waals surface area (Å²) < 4.78 is 0. The first-order chi connectivity index (χ1) is 8.29. The predicted octanol–water partition coefficient (Wildman–Crippen LogP) is -0.300. The fraction of sp³-hybridized carbons (Fsp3) is 0.833. The van der Waals surface area contributed by atoms with Crippen LogP contribution in [-0.2, 0) is 4.79 Å². The number of carbonyl (C=O) groups is 1. The summed E-state index contributed by atoms with van der Waals surface area (Å²) in [5.41, 5.74) is 0. The van der Waals surface area contributed by atoms with Crippen molar-refractivity contribution in [3.05, 3.63) is 0 Å². The third-order valence-electron chi connectivity index (χ3n) is 3.60. The van der Waals surface area contributed by atoms with Crippen LogP contribution in [0.3, 0.4) is 0 Å². The highest BCUT2D eigenvalue weighted by atomic mass is 16.2. The molecule has 2 aliphatic heterocycles. The molecule has 2 aliphatic rings. The number of nitrogens with one attached hydrogen (secondary N) is 2. The Bertz CT molecular complexity index is 298. The fourth-order valence-electron chi connectivity index (χ4n) is 2.78. The summed E-state index contributed by atoms with van der Waals surface area (Å²) in [5.74, 6) is 0.759. The van der Waals surface area contributed by atoms with Crippen molar-refractivity contribution in [2.24, 2.45) is 5.92 Å². The molecule has 0 spiro atoms. The zero-order valence-corrected chi connectivity index (χ0v) is 10.1. The van der Waals surface area contributed by atoms with Gasteiger partial charge in [-0.2, -0.15) is 5.26 Å². The molecule has 2 unspecified atom stereocenters. The molecular formula is C12H20N4O. The van der Waals surface area contributed by atoms with Gasteiger partial charge in [0.25, 0.3) is 0 Å².